The van der Waals surface area contributed by atoms with Crippen LogP contribution in [-0.4, -0.2) is 24.1 Å². The molecule has 1 saturated heterocycles. The van der Waals surface area contributed by atoms with Gasteiger partial charge in [-0.1, -0.05) is 0 Å². The van der Waals surface area contributed by atoms with Crippen LogP contribution in [0.2, 0.25) is 0 Å². The first-order valence-electron chi connectivity index (χ1n) is 6.59. The minimum Gasteiger partial charge on any atom is -0.377 e. The highest BCUT2D eigenvalue weighted by Gasteiger charge is 2.26. The zero-order valence-corrected chi connectivity index (χ0v) is 11.2. The third-order valence-electron chi connectivity index (χ3n) is 3.64. The molecule has 5 nitrogen and oxygen atoms in total. The van der Waals surface area contributed by atoms with Crippen LogP contribution < -0.4 is 10.6 Å². The van der Waals surface area contributed by atoms with E-state index in [1.807, 2.05) is 6.92 Å². The van der Waals surface area contributed by atoms with Gasteiger partial charge in [-0.2, -0.15) is 4.39 Å². The lowest BCUT2D eigenvalue weighted by Crippen LogP contribution is -2.38. The average molecular weight is 285 g/mol. The van der Waals surface area contributed by atoms with Gasteiger partial charge in [-0.05, 0) is 38.8 Å². The summed E-state index contributed by atoms with van der Waals surface area (Å²) in [5.74, 6) is -1.72. The Balaban J connectivity index is 2.21. The molecule has 7 heteroatoms. The summed E-state index contributed by atoms with van der Waals surface area (Å²) < 4.78 is 26.8. The minimum absolute atomic E-state index is 0.106. The van der Waals surface area contributed by atoms with Gasteiger partial charge in [-0.3, -0.25) is 10.1 Å². The molecule has 20 heavy (non-hydrogen) atoms. The van der Waals surface area contributed by atoms with Crippen LogP contribution in [0.3, 0.4) is 0 Å². The molecule has 0 spiro atoms. The number of nitrogens with one attached hydrogen (secondary N) is 2. The number of hydrogen-bond acceptors (Lipinski definition) is 4. The van der Waals surface area contributed by atoms with Gasteiger partial charge in [0.1, 0.15) is 11.5 Å². The Morgan fingerprint density at radius 1 is 1.50 bits per heavy atom. The van der Waals surface area contributed by atoms with Crippen LogP contribution in [0.15, 0.2) is 12.1 Å². The number of nitro benzene ring substituents is 1. The summed E-state index contributed by atoms with van der Waals surface area (Å²) >= 11 is 0. The Morgan fingerprint density at radius 3 is 2.85 bits per heavy atom. The normalized spacial score (nSPS) is 20.4. The number of anilines is 1. The van der Waals surface area contributed by atoms with Gasteiger partial charge in [0.25, 0.3) is 0 Å². The largest absolute Gasteiger partial charge is 0.377 e. The molecule has 0 aromatic heterocycles. The van der Waals surface area contributed by atoms with Crippen LogP contribution in [0.4, 0.5) is 20.2 Å². The van der Waals surface area contributed by atoms with E-state index in [0.29, 0.717) is 6.07 Å². The highest BCUT2D eigenvalue weighted by atomic mass is 19.1. The van der Waals surface area contributed by atoms with Crippen LogP contribution in [0.5, 0.6) is 0 Å². The highest BCUT2D eigenvalue weighted by Crippen LogP contribution is 2.30. The third-order valence-corrected chi connectivity index (χ3v) is 3.64. The molecule has 110 valence electrons. The molecule has 0 amide bonds. The number of nitro groups is 1. The summed E-state index contributed by atoms with van der Waals surface area (Å²) in [7, 11) is 0. The lowest BCUT2D eigenvalue weighted by atomic mass is 9.92. The zero-order valence-electron chi connectivity index (χ0n) is 11.2. The van der Waals surface area contributed by atoms with Crippen molar-refractivity contribution in [2.45, 2.75) is 25.8 Å². The summed E-state index contributed by atoms with van der Waals surface area (Å²) in [6.07, 6.45) is 2.00. The minimum atomic E-state index is -1.16. The molecule has 0 aliphatic carbocycles. The lowest BCUT2D eigenvalue weighted by molar-refractivity contribution is -0.386. The van der Waals surface area contributed by atoms with E-state index < -0.39 is 22.2 Å². The van der Waals surface area contributed by atoms with E-state index >= 15 is 0 Å². The molecule has 1 aromatic carbocycles. The van der Waals surface area contributed by atoms with Crippen molar-refractivity contribution in [1.82, 2.24) is 5.32 Å². The molecule has 0 saturated carbocycles. The van der Waals surface area contributed by atoms with Gasteiger partial charge in [-0.25, -0.2) is 4.39 Å². The van der Waals surface area contributed by atoms with Crippen molar-refractivity contribution < 1.29 is 13.7 Å². The monoisotopic (exact) mass is 285 g/mol. The van der Waals surface area contributed by atoms with Crippen LogP contribution in [0, 0.1) is 27.7 Å². The number of rotatable bonds is 4. The quantitative estimate of drug-likeness (QED) is 0.659. The molecule has 0 radical (unpaired) electrons. The summed E-state index contributed by atoms with van der Waals surface area (Å²) in [6.45, 7) is 3.61. The number of hydrogen-bond donors (Lipinski definition) is 2. The van der Waals surface area contributed by atoms with Gasteiger partial charge >= 0.3 is 5.69 Å². The molecule has 1 heterocycles. The van der Waals surface area contributed by atoms with Crippen LogP contribution in [0.1, 0.15) is 19.8 Å². The van der Waals surface area contributed by atoms with Crippen molar-refractivity contribution in [3.05, 3.63) is 33.9 Å². The fraction of sp³-hybridized carbons (Fsp3) is 0.538. The molecule has 1 aliphatic heterocycles. The van der Waals surface area contributed by atoms with Gasteiger partial charge in [-0.15, -0.1) is 0 Å². The van der Waals surface area contributed by atoms with E-state index in [2.05, 4.69) is 10.6 Å². The average Bonchev–Trinajstić information content (AvgIpc) is 2.38. The van der Waals surface area contributed by atoms with Gasteiger partial charge < -0.3 is 10.6 Å². The fourth-order valence-electron chi connectivity index (χ4n) is 2.53. The maximum absolute atomic E-state index is 13.5. The van der Waals surface area contributed by atoms with Gasteiger partial charge in [0.05, 0.1) is 4.92 Å². The zero-order chi connectivity index (χ0) is 14.7. The van der Waals surface area contributed by atoms with Gasteiger partial charge in [0, 0.05) is 18.2 Å². The Hall–Kier alpha value is -1.76. The first-order chi connectivity index (χ1) is 9.49. The molecule has 2 N–H and O–H groups in total. The Morgan fingerprint density at radius 2 is 2.25 bits per heavy atom. The van der Waals surface area contributed by atoms with Gasteiger partial charge in [0.2, 0.25) is 5.82 Å². The van der Waals surface area contributed by atoms with Crippen molar-refractivity contribution in [1.29, 1.82) is 0 Å². The molecular formula is C13H17F2N3O2. The first kappa shape index (κ1) is 14.6. The van der Waals surface area contributed by atoms with E-state index in [0.717, 1.165) is 32.0 Å². The smallest absolute Gasteiger partial charge is 0.327 e. The summed E-state index contributed by atoms with van der Waals surface area (Å²) in [4.78, 5) is 10.1. The van der Waals surface area contributed by atoms with Crippen molar-refractivity contribution >= 4 is 11.4 Å². The van der Waals surface area contributed by atoms with E-state index in [1.54, 1.807) is 0 Å². The summed E-state index contributed by atoms with van der Waals surface area (Å²) in [6, 6.07) is 1.38. The predicted octanol–water partition coefficient (Wildman–Crippen LogP) is 2.67. The second-order valence-corrected chi connectivity index (χ2v) is 5.08. The second-order valence-electron chi connectivity index (χ2n) is 5.08. The van der Waals surface area contributed by atoms with Crippen LogP contribution >= 0.6 is 0 Å². The van der Waals surface area contributed by atoms with Crippen molar-refractivity contribution in [3.63, 3.8) is 0 Å². The Kier molecular flexibility index (Phi) is 4.49. The van der Waals surface area contributed by atoms with E-state index in [1.165, 1.54) is 0 Å². The van der Waals surface area contributed by atoms with E-state index in [9.17, 15) is 18.9 Å². The number of piperidine rings is 1. The van der Waals surface area contributed by atoms with Crippen molar-refractivity contribution in [2.24, 2.45) is 5.92 Å². The van der Waals surface area contributed by atoms with E-state index in [-0.39, 0.29) is 17.6 Å². The molecular weight excluding hydrogens is 268 g/mol. The Bertz CT molecular complexity index is 505. The standard InChI is InChI=1S/C13H17F2N3O2/c1-8(9-3-2-4-16-7-9)17-12-6-10(14)5-11(15)13(12)18(19)20/h5-6,8-9,16-17H,2-4,7H2,1H3. The van der Waals surface area contributed by atoms with Crippen molar-refractivity contribution in [3.8, 4) is 0 Å². The maximum Gasteiger partial charge on any atom is 0.327 e. The molecule has 1 aliphatic rings. The van der Waals surface area contributed by atoms with Crippen LogP contribution in [-0.2, 0) is 0 Å². The van der Waals surface area contributed by atoms with Gasteiger partial charge in [0.15, 0.2) is 0 Å². The first-order valence-corrected chi connectivity index (χ1v) is 6.59. The molecule has 2 unspecified atom stereocenters. The molecule has 2 rings (SSSR count). The topological polar surface area (TPSA) is 67.2 Å². The summed E-state index contributed by atoms with van der Waals surface area (Å²) in [5, 5.41) is 17.0. The molecule has 1 fully saturated rings. The number of benzene rings is 1. The second kappa shape index (κ2) is 6.13. The highest BCUT2D eigenvalue weighted by molar-refractivity contribution is 5.62. The lowest BCUT2D eigenvalue weighted by Gasteiger charge is -2.29. The van der Waals surface area contributed by atoms with Crippen molar-refractivity contribution in [2.75, 3.05) is 18.4 Å². The maximum atomic E-state index is 13.5. The Labute approximate surface area is 115 Å². The SMILES string of the molecule is CC(Nc1cc(F)cc(F)c1[N+](=O)[O-])C1CCCNC1. The van der Waals surface area contributed by atoms with Crippen LogP contribution in [0.25, 0.3) is 0 Å². The molecule has 1 aromatic rings. The van der Waals surface area contributed by atoms with E-state index in [4.69, 9.17) is 0 Å². The third kappa shape index (κ3) is 3.22. The predicted molar refractivity (Wildman–Crippen MR) is 71.7 cm³/mol. The molecule has 2 atom stereocenters. The fourth-order valence-corrected chi connectivity index (χ4v) is 2.53. The number of halogens is 2. The molecule has 0 bridgehead atoms. The number of nitrogens with zero attached hydrogens (tertiary/aromatic N) is 1. The summed E-state index contributed by atoms with van der Waals surface area (Å²) in [5.41, 5.74) is -0.812.